The quantitative estimate of drug-likeness (QED) is 0.143. The molecule has 0 spiro atoms. The fraction of sp³-hybridized carbons (Fsp3) is 0.154. The molecule has 0 atom stereocenters. The van der Waals surface area contributed by atoms with E-state index in [0.29, 0.717) is 0 Å². The van der Waals surface area contributed by atoms with Crippen molar-refractivity contribution in [1.29, 1.82) is 0 Å². The van der Waals surface area contributed by atoms with Crippen LogP contribution in [0.1, 0.15) is 69.2 Å². The highest BCUT2D eigenvalue weighted by atomic mass is 19.4. The number of cyclic esters (lactones) is 4. The Kier molecular flexibility index (Phi) is 6.26. The molecule has 3 aromatic carbocycles. The number of benzene rings is 3. The Hall–Kier alpha value is -4.83. The van der Waals surface area contributed by atoms with E-state index in [4.69, 9.17) is 0 Å². The molecule has 0 aromatic heterocycles. The molecule has 0 saturated carbocycles. The molecule has 3 aromatic rings. The summed E-state index contributed by atoms with van der Waals surface area (Å²) < 4.78 is 168. The molecule has 5 rings (SSSR count). The normalized spacial score (nSPS) is 15.4. The van der Waals surface area contributed by atoms with Gasteiger partial charge in [-0.3, -0.25) is 0 Å². The number of carbonyl (C=O) groups is 4. The molecule has 0 amide bonds. The van der Waals surface area contributed by atoms with Crippen molar-refractivity contribution in [3.05, 3.63) is 104 Å². The highest BCUT2D eigenvalue weighted by Crippen LogP contribution is 2.55. The van der Waals surface area contributed by atoms with Gasteiger partial charge in [0.15, 0.2) is 0 Å². The first-order valence-electron chi connectivity index (χ1n) is 11.3. The Labute approximate surface area is 229 Å². The molecule has 0 N–H and O–H groups in total. The molecule has 2 aliphatic heterocycles. The van der Waals surface area contributed by atoms with Gasteiger partial charge in [-0.05, 0) is 41.5 Å². The molecule has 6 nitrogen and oxygen atoms in total. The van der Waals surface area contributed by atoms with E-state index in [9.17, 15) is 49.9 Å². The van der Waals surface area contributed by atoms with E-state index in [1.54, 1.807) is 0 Å². The van der Waals surface area contributed by atoms with Crippen LogP contribution in [0, 0.1) is 11.6 Å². The number of carbonyl (C=O) groups excluding carboxylic acids is 4. The van der Waals surface area contributed by atoms with Gasteiger partial charge in [0.25, 0.3) is 0 Å². The summed E-state index contributed by atoms with van der Waals surface area (Å²) in [5, 5.41) is 0. The molecule has 17 heteroatoms. The monoisotopic (exact) mass is 624 g/mol. The van der Waals surface area contributed by atoms with E-state index in [-0.39, 0.29) is 42.5 Å². The van der Waals surface area contributed by atoms with Crippen molar-refractivity contribution in [1.82, 2.24) is 0 Å². The molecular formula is C26H7F11O6. The number of halogens is 11. The minimum Gasteiger partial charge on any atom is -0.386 e. The second kappa shape index (κ2) is 9.08. The molecule has 2 heterocycles. The molecule has 0 aliphatic carbocycles. The molecule has 0 saturated heterocycles. The molecule has 0 fully saturated rings. The average molecular weight is 624 g/mol. The largest absolute Gasteiger partial charge is 0.417 e. The maximum absolute atomic E-state index is 15.4. The van der Waals surface area contributed by atoms with Crippen molar-refractivity contribution in [3.63, 3.8) is 0 Å². The van der Waals surface area contributed by atoms with Gasteiger partial charge in [-0.1, -0.05) is 6.07 Å². The van der Waals surface area contributed by atoms with Crippen LogP contribution in [0.2, 0.25) is 0 Å². The molecule has 0 radical (unpaired) electrons. The summed E-state index contributed by atoms with van der Waals surface area (Å²) in [4.78, 5) is 48.5. The van der Waals surface area contributed by atoms with Gasteiger partial charge in [-0.25, -0.2) is 28.0 Å². The number of ether oxygens (including phenoxy) is 2. The summed E-state index contributed by atoms with van der Waals surface area (Å²) in [6.45, 7) is 0. The molecule has 224 valence electrons. The summed E-state index contributed by atoms with van der Waals surface area (Å²) in [7, 11) is 0. The minimum absolute atomic E-state index is 0.0258. The Morgan fingerprint density at radius 1 is 0.512 bits per heavy atom. The zero-order valence-corrected chi connectivity index (χ0v) is 20.1. The Morgan fingerprint density at radius 3 is 1.28 bits per heavy atom. The van der Waals surface area contributed by atoms with E-state index >= 15 is 17.6 Å². The van der Waals surface area contributed by atoms with Crippen LogP contribution in [0.15, 0.2) is 42.5 Å². The summed E-state index contributed by atoms with van der Waals surface area (Å²) in [5.74, 6) is -11.2. The third kappa shape index (κ3) is 4.32. The second-order valence-electron chi connectivity index (χ2n) is 9.11. The minimum atomic E-state index is -6.15. The van der Waals surface area contributed by atoms with Gasteiger partial charge in [-0.2, -0.15) is 39.5 Å². The van der Waals surface area contributed by atoms with Gasteiger partial charge in [-0.15, -0.1) is 0 Å². The maximum Gasteiger partial charge on any atom is 0.417 e. The summed E-state index contributed by atoms with van der Waals surface area (Å²) in [6.07, 6.45) is -17.6. The van der Waals surface area contributed by atoms with Crippen LogP contribution < -0.4 is 0 Å². The lowest BCUT2D eigenvalue weighted by molar-refractivity contribution is -0.168. The van der Waals surface area contributed by atoms with E-state index in [0.717, 1.165) is 0 Å². The zero-order valence-electron chi connectivity index (χ0n) is 20.1. The van der Waals surface area contributed by atoms with Crippen LogP contribution in [-0.4, -0.2) is 30.1 Å². The zero-order chi connectivity index (χ0) is 32.0. The van der Waals surface area contributed by atoms with Crippen molar-refractivity contribution in [2.24, 2.45) is 0 Å². The predicted molar refractivity (Wildman–Crippen MR) is 115 cm³/mol. The highest BCUT2D eigenvalue weighted by molar-refractivity contribution is 6.16. The van der Waals surface area contributed by atoms with E-state index < -0.39 is 110 Å². The number of fused-ring (bicyclic) bond motifs is 2. The number of hydrogen-bond donors (Lipinski definition) is 0. The van der Waals surface area contributed by atoms with Crippen molar-refractivity contribution in [2.45, 2.75) is 23.9 Å². The van der Waals surface area contributed by atoms with Crippen LogP contribution in [0.3, 0.4) is 0 Å². The third-order valence-corrected chi connectivity index (χ3v) is 6.73. The van der Waals surface area contributed by atoms with Crippen LogP contribution in [0.25, 0.3) is 0 Å². The molecular weight excluding hydrogens is 617 g/mol. The number of rotatable bonds is 3. The Balaban J connectivity index is 2.05. The van der Waals surface area contributed by atoms with Crippen molar-refractivity contribution in [2.75, 3.05) is 0 Å². The lowest BCUT2D eigenvalue weighted by atomic mass is 9.66. The molecule has 2 aliphatic rings. The second-order valence-corrected chi connectivity index (χ2v) is 9.11. The van der Waals surface area contributed by atoms with Gasteiger partial charge in [0.1, 0.15) is 17.0 Å². The van der Waals surface area contributed by atoms with E-state index in [2.05, 4.69) is 9.47 Å². The molecule has 43 heavy (non-hydrogen) atoms. The third-order valence-electron chi connectivity index (χ3n) is 6.73. The SMILES string of the molecule is O=C1OC(=O)c2c1cc(C(c1cc3c(c(C(F)(F)F)c1)C(=O)OC3=O)(c1ccc(F)cc1F)C(F)(F)F)cc2C(F)(F)F. The number of alkyl halides is 9. The van der Waals surface area contributed by atoms with Gasteiger partial charge < -0.3 is 9.47 Å². The topological polar surface area (TPSA) is 86.7 Å². The summed E-state index contributed by atoms with van der Waals surface area (Å²) in [5.41, 5.74) is -20.1. The lowest BCUT2D eigenvalue weighted by Crippen LogP contribution is -2.46. The fourth-order valence-corrected chi connectivity index (χ4v) is 5.06. The van der Waals surface area contributed by atoms with Crippen molar-refractivity contribution >= 4 is 23.9 Å². The van der Waals surface area contributed by atoms with Crippen LogP contribution >= 0.6 is 0 Å². The van der Waals surface area contributed by atoms with Crippen LogP contribution in [0.5, 0.6) is 0 Å². The van der Waals surface area contributed by atoms with Gasteiger partial charge >= 0.3 is 42.4 Å². The van der Waals surface area contributed by atoms with E-state index in [1.165, 1.54) is 0 Å². The van der Waals surface area contributed by atoms with Crippen molar-refractivity contribution < 1.29 is 76.9 Å². The van der Waals surface area contributed by atoms with Crippen molar-refractivity contribution in [3.8, 4) is 0 Å². The average Bonchev–Trinajstić information content (AvgIpc) is 3.31. The predicted octanol–water partition coefficient (Wildman–Crippen LogP) is 6.52. The first-order valence-corrected chi connectivity index (χ1v) is 11.3. The molecule has 0 unspecified atom stereocenters. The lowest BCUT2D eigenvalue weighted by Gasteiger charge is -2.38. The van der Waals surface area contributed by atoms with Crippen LogP contribution in [-0.2, 0) is 27.2 Å². The van der Waals surface area contributed by atoms with Gasteiger partial charge in [0.2, 0.25) is 0 Å². The number of esters is 4. The van der Waals surface area contributed by atoms with Crippen LogP contribution in [0.4, 0.5) is 48.3 Å². The first-order chi connectivity index (χ1) is 19.7. The standard InChI is InChI=1S/C26H7F11O6/c27-10-1-2-13(16(28)7-10)23(26(35,36)37,8-3-11-17(21(40)42-19(11)38)14(5-8)24(29,30)31)9-4-12-18(22(41)43-20(12)39)15(6-9)25(32,33)34/h1-7H. The summed E-state index contributed by atoms with van der Waals surface area (Å²) in [6, 6.07) is -0.536. The maximum atomic E-state index is 15.4. The van der Waals surface area contributed by atoms with Gasteiger partial charge in [0, 0.05) is 11.6 Å². The molecule has 0 bridgehead atoms. The van der Waals surface area contributed by atoms with E-state index in [1.807, 2.05) is 0 Å². The Bertz CT molecular complexity index is 1690. The number of hydrogen-bond acceptors (Lipinski definition) is 6. The van der Waals surface area contributed by atoms with Gasteiger partial charge in [0.05, 0.1) is 33.4 Å². The first kappa shape index (κ1) is 29.7. The Morgan fingerprint density at radius 2 is 0.930 bits per heavy atom. The smallest absolute Gasteiger partial charge is 0.386 e. The fourth-order valence-electron chi connectivity index (χ4n) is 5.06. The summed E-state index contributed by atoms with van der Waals surface area (Å²) >= 11 is 0. The highest BCUT2D eigenvalue weighted by Gasteiger charge is 2.62.